The van der Waals surface area contributed by atoms with Gasteiger partial charge in [0, 0.05) is 19.5 Å². The van der Waals surface area contributed by atoms with Gasteiger partial charge in [-0.2, -0.15) is 5.10 Å². The monoisotopic (exact) mass is 507 g/mol. The first kappa shape index (κ1) is 24.8. The highest BCUT2D eigenvalue weighted by atomic mass is 19.3. The van der Waals surface area contributed by atoms with Crippen LogP contribution in [0.5, 0.6) is 0 Å². The molecule has 1 saturated heterocycles. The molecule has 0 radical (unpaired) electrons. The van der Waals surface area contributed by atoms with Gasteiger partial charge in [0.05, 0.1) is 29.9 Å². The standard InChI is InChI=1S/C27H27F2N5O3/c28-24(29)21(19-7-3-1-4-8-19)15-23(35)32-13-11-27(37,12-14-32)17-33-18-30-25-22(26(33)36)16-31-34(25)20-9-5-2-6-10-20/h1-10,16,18,21,24,37H,11-15,17H2/t21-/m1/s1. The number of halogens is 2. The molecule has 192 valence electrons. The summed E-state index contributed by atoms with van der Waals surface area (Å²) in [7, 11) is 0. The van der Waals surface area contributed by atoms with Crippen LogP contribution in [0.4, 0.5) is 8.78 Å². The quantitative estimate of drug-likeness (QED) is 0.414. The molecule has 2 aromatic carbocycles. The van der Waals surface area contributed by atoms with Gasteiger partial charge in [0.25, 0.3) is 5.56 Å². The summed E-state index contributed by atoms with van der Waals surface area (Å²) in [5.74, 6) is -1.55. The molecule has 3 heterocycles. The Hall–Kier alpha value is -3.92. The lowest BCUT2D eigenvalue weighted by Gasteiger charge is -2.38. The number of para-hydroxylation sites is 1. The molecule has 10 heteroatoms. The predicted octanol–water partition coefficient (Wildman–Crippen LogP) is 3.37. The maximum Gasteiger partial charge on any atom is 0.264 e. The minimum absolute atomic E-state index is 0.0109. The van der Waals surface area contributed by atoms with E-state index in [2.05, 4.69) is 10.1 Å². The number of hydrogen-bond acceptors (Lipinski definition) is 5. The van der Waals surface area contributed by atoms with E-state index >= 15 is 0 Å². The molecule has 1 fully saturated rings. The van der Waals surface area contributed by atoms with Crippen molar-refractivity contribution in [3.8, 4) is 5.69 Å². The van der Waals surface area contributed by atoms with Crippen LogP contribution in [0, 0.1) is 0 Å². The normalized spacial score (nSPS) is 16.3. The number of aliphatic hydroxyl groups is 1. The van der Waals surface area contributed by atoms with Crippen LogP contribution < -0.4 is 5.56 Å². The second-order valence-electron chi connectivity index (χ2n) is 9.47. The lowest BCUT2D eigenvalue weighted by molar-refractivity contribution is -0.137. The van der Waals surface area contributed by atoms with Gasteiger partial charge < -0.3 is 10.0 Å². The third kappa shape index (κ3) is 5.15. The second kappa shape index (κ2) is 10.2. The number of hydrogen-bond donors (Lipinski definition) is 1. The second-order valence-corrected chi connectivity index (χ2v) is 9.47. The highest BCUT2D eigenvalue weighted by molar-refractivity contribution is 5.77. The van der Waals surface area contributed by atoms with E-state index < -0.39 is 17.9 Å². The zero-order valence-corrected chi connectivity index (χ0v) is 20.1. The first-order valence-corrected chi connectivity index (χ1v) is 12.2. The average Bonchev–Trinajstić information content (AvgIpc) is 3.35. The molecule has 37 heavy (non-hydrogen) atoms. The van der Waals surface area contributed by atoms with Crippen molar-refractivity contribution in [2.24, 2.45) is 0 Å². The van der Waals surface area contributed by atoms with E-state index in [0.29, 0.717) is 16.6 Å². The maximum absolute atomic E-state index is 13.7. The number of fused-ring (bicyclic) bond motifs is 1. The van der Waals surface area contributed by atoms with Crippen LogP contribution in [0.3, 0.4) is 0 Å². The Bertz CT molecular complexity index is 1430. The number of alkyl halides is 2. The summed E-state index contributed by atoms with van der Waals surface area (Å²) < 4.78 is 30.3. The summed E-state index contributed by atoms with van der Waals surface area (Å²) >= 11 is 0. The molecule has 1 aliphatic rings. The summed E-state index contributed by atoms with van der Waals surface area (Å²) in [6.07, 6.45) is 0.341. The van der Waals surface area contributed by atoms with E-state index in [4.69, 9.17) is 0 Å². The Morgan fingerprint density at radius 2 is 1.68 bits per heavy atom. The lowest BCUT2D eigenvalue weighted by Crippen LogP contribution is -2.50. The Kier molecular flexibility index (Phi) is 6.84. The Balaban J connectivity index is 1.25. The fourth-order valence-corrected chi connectivity index (χ4v) is 4.84. The van der Waals surface area contributed by atoms with Crippen molar-refractivity contribution < 1.29 is 18.7 Å². The fraction of sp³-hybridized carbons (Fsp3) is 0.333. The number of likely N-dealkylation sites (tertiary alicyclic amines) is 1. The van der Waals surface area contributed by atoms with Crippen LogP contribution in [0.15, 0.2) is 78.0 Å². The zero-order valence-electron chi connectivity index (χ0n) is 20.1. The maximum atomic E-state index is 13.7. The van der Waals surface area contributed by atoms with Crippen molar-refractivity contribution in [3.05, 3.63) is 89.1 Å². The minimum Gasteiger partial charge on any atom is -0.388 e. The van der Waals surface area contributed by atoms with Crippen LogP contribution in [0.25, 0.3) is 16.7 Å². The van der Waals surface area contributed by atoms with Gasteiger partial charge in [0.1, 0.15) is 11.7 Å². The minimum atomic E-state index is -2.66. The van der Waals surface area contributed by atoms with E-state index in [1.807, 2.05) is 30.3 Å². The Labute approximate surface area is 211 Å². The van der Waals surface area contributed by atoms with Crippen molar-refractivity contribution in [1.82, 2.24) is 24.2 Å². The molecule has 8 nitrogen and oxygen atoms in total. The SMILES string of the molecule is O=C(C[C@H](c1ccccc1)C(F)F)N1CCC(O)(Cn2cnc3c(cnn3-c3ccccc3)c2=O)CC1. The van der Waals surface area contributed by atoms with Gasteiger partial charge in [-0.1, -0.05) is 48.5 Å². The number of piperidine rings is 1. The highest BCUT2D eigenvalue weighted by Gasteiger charge is 2.36. The van der Waals surface area contributed by atoms with Crippen molar-refractivity contribution in [2.75, 3.05) is 13.1 Å². The van der Waals surface area contributed by atoms with Crippen molar-refractivity contribution in [1.29, 1.82) is 0 Å². The van der Waals surface area contributed by atoms with E-state index in [9.17, 15) is 23.5 Å². The number of carbonyl (C=O) groups is 1. The molecule has 0 aliphatic carbocycles. The molecular weight excluding hydrogens is 480 g/mol. The topological polar surface area (TPSA) is 93.2 Å². The summed E-state index contributed by atoms with van der Waals surface area (Å²) in [5.41, 5.74) is 0.0809. The summed E-state index contributed by atoms with van der Waals surface area (Å²) in [4.78, 5) is 31.8. The Morgan fingerprint density at radius 3 is 2.32 bits per heavy atom. The predicted molar refractivity (Wildman–Crippen MR) is 134 cm³/mol. The number of amides is 1. The van der Waals surface area contributed by atoms with Crippen LogP contribution in [-0.2, 0) is 11.3 Å². The van der Waals surface area contributed by atoms with Gasteiger partial charge in [-0.3, -0.25) is 14.2 Å². The van der Waals surface area contributed by atoms with Crippen molar-refractivity contribution >= 4 is 16.9 Å². The average molecular weight is 508 g/mol. The van der Waals surface area contributed by atoms with Crippen LogP contribution >= 0.6 is 0 Å². The molecule has 1 atom stereocenters. The summed E-state index contributed by atoms with van der Waals surface area (Å²) in [5, 5.41) is 15.8. The summed E-state index contributed by atoms with van der Waals surface area (Å²) in [6, 6.07) is 17.6. The van der Waals surface area contributed by atoms with Crippen molar-refractivity contribution in [2.45, 2.75) is 43.8 Å². The van der Waals surface area contributed by atoms with Gasteiger partial charge in [-0.05, 0) is 30.5 Å². The van der Waals surface area contributed by atoms with Crippen LogP contribution in [0.2, 0.25) is 0 Å². The fourth-order valence-electron chi connectivity index (χ4n) is 4.84. The zero-order chi connectivity index (χ0) is 26.0. The first-order valence-electron chi connectivity index (χ1n) is 12.2. The van der Waals surface area contributed by atoms with Crippen LogP contribution in [0.1, 0.15) is 30.7 Å². The van der Waals surface area contributed by atoms with E-state index in [0.717, 1.165) is 5.69 Å². The largest absolute Gasteiger partial charge is 0.388 e. The smallest absolute Gasteiger partial charge is 0.264 e. The van der Waals surface area contributed by atoms with E-state index in [1.54, 1.807) is 35.0 Å². The van der Waals surface area contributed by atoms with E-state index in [-0.39, 0.29) is 50.4 Å². The number of nitrogens with zero attached hydrogens (tertiary/aromatic N) is 5. The molecule has 2 aromatic heterocycles. The van der Waals surface area contributed by atoms with Crippen molar-refractivity contribution in [3.63, 3.8) is 0 Å². The Morgan fingerprint density at radius 1 is 1.03 bits per heavy atom. The number of carbonyl (C=O) groups excluding carboxylic acids is 1. The lowest BCUT2D eigenvalue weighted by atomic mass is 9.90. The van der Waals surface area contributed by atoms with Crippen LogP contribution in [-0.4, -0.2) is 60.4 Å². The molecule has 5 rings (SSSR count). The van der Waals surface area contributed by atoms with Gasteiger partial charge in [-0.15, -0.1) is 0 Å². The van der Waals surface area contributed by atoms with Gasteiger partial charge in [0.2, 0.25) is 12.3 Å². The number of benzene rings is 2. The van der Waals surface area contributed by atoms with Gasteiger partial charge in [-0.25, -0.2) is 18.4 Å². The first-order chi connectivity index (χ1) is 17.8. The highest BCUT2D eigenvalue weighted by Crippen LogP contribution is 2.30. The molecule has 0 unspecified atom stereocenters. The molecule has 0 saturated carbocycles. The molecule has 4 aromatic rings. The molecule has 0 spiro atoms. The molecule has 1 N–H and O–H groups in total. The van der Waals surface area contributed by atoms with Gasteiger partial charge in [0.15, 0.2) is 5.65 Å². The molecule has 1 amide bonds. The number of rotatable bonds is 7. The third-order valence-electron chi connectivity index (χ3n) is 6.99. The number of aromatic nitrogens is 4. The molecule has 1 aliphatic heterocycles. The summed E-state index contributed by atoms with van der Waals surface area (Å²) in [6.45, 7) is 0.448. The van der Waals surface area contributed by atoms with E-state index in [1.165, 1.54) is 22.0 Å². The van der Waals surface area contributed by atoms with Gasteiger partial charge >= 0.3 is 0 Å². The molecular formula is C27H27F2N5O3. The third-order valence-corrected chi connectivity index (χ3v) is 6.99. The molecule has 0 bridgehead atoms.